The summed E-state index contributed by atoms with van der Waals surface area (Å²) in [7, 11) is 3.01. The van der Waals surface area contributed by atoms with Gasteiger partial charge in [0.15, 0.2) is 0 Å². The van der Waals surface area contributed by atoms with E-state index >= 15 is 0 Å². The quantitative estimate of drug-likeness (QED) is 0.733. The molecule has 0 aliphatic rings. The summed E-state index contributed by atoms with van der Waals surface area (Å²) in [5.74, 6) is -0.646. The van der Waals surface area contributed by atoms with Gasteiger partial charge in [-0.2, -0.15) is 13.2 Å². The predicted molar refractivity (Wildman–Crippen MR) is 97.4 cm³/mol. The molecule has 0 radical (unpaired) electrons. The van der Waals surface area contributed by atoms with Crippen LogP contribution in [0.15, 0.2) is 48.5 Å². The van der Waals surface area contributed by atoms with Crippen molar-refractivity contribution in [3.05, 3.63) is 70.8 Å². The van der Waals surface area contributed by atoms with Gasteiger partial charge in [-0.15, -0.1) is 0 Å². The van der Waals surface area contributed by atoms with Crippen molar-refractivity contribution in [2.75, 3.05) is 20.7 Å². The number of benzene rings is 2. The summed E-state index contributed by atoms with van der Waals surface area (Å²) in [6, 6.07) is 11.5. The topological polar surface area (TPSA) is 58.6 Å². The molecule has 0 bridgehead atoms. The number of rotatable bonds is 7. The largest absolute Gasteiger partial charge is 0.465 e. The molecule has 2 aromatic rings. The number of hydrogen-bond donors (Lipinski definition) is 1. The van der Waals surface area contributed by atoms with Gasteiger partial charge in [-0.25, -0.2) is 4.79 Å². The fourth-order valence-electron chi connectivity index (χ4n) is 2.54. The minimum absolute atomic E-state index is 0.0985. The van der Waals surface area contributed by atoms with Gasteiger partial charge in [-0.3, -0.25) is 9.69 Å². The number of ether oxygens (including phenoxy) is 1. The lowest BCUT2D eigenvalue weighted by Crippen LogP contribution is -2.34. The van der Waals surface area contributed by atoms with Gasteiger partial charge in [0.25, 0.3) is 0 Å². The third-order valence-corrected chi connectivity index (χ3v) is 4.01. The van der Waals surface area contributed by atoms with Crippen LogP contribution in [-0.4, -0.2) is 37.5 Å². The molecule has 0 aliphatic carbocycles. The van der Waals surface area contributed by atoms with Crippen LogP contribution in [0, 0.1) is 0 Å². The van der Waals surface area contributed by atoms with Crippen molar-refractivity contribution in [2.45, 2.75) is 19.3 Å². The van der Waals surface area contributed by atoms with Crippen LogP contribution in [0.5, 0.6) is 0 Å². The Morgan fingerprint density at radius 3 is 2.11 bits per heavy atom. The van der Waals surface area contributed by atoms with Gasteiger partial charge >= 0.3 is 12.1 Å². The molecule has 1 N–H and O–H groups in total. The molecule has 1 amide bonds. The average molecular weight is 394 g/mol. The van der Waals surface area contributed by atoms with E-state index in [-0.39, 0.29) is 12.5 Å². The smallest absolute Gasteiger partial charge is 0.416 e. The minimum Gasteiger partial charge on any atom is -0.465 e. The summed E-state index contributed by atoms with van der Waals surface area (Å²) in [5, 5.41) is 2.76. The third-order valence-electron chi connectivity index (χ3n) is 4.01. The number of halogens is 3. The maximum atomic E-state index is 12.6. The molecule has 2 rings (SSSR count). The highest BCUT2D eigenvalue weighted by molar-refractivity contribution is 5.89. The van der Waals surface area contributed by atoms with Crippen molar-refractivity contribution in [2.24, 2.45) is 0 Å². The Kier molecular flexibility index (Phi) is 7.17. The average Bonchev–Trinajstić information content (AvgIpc) is 2.65. The van der Waals surface area contributed by atoms with Gasteiger partial charge < -0.3 is 10.1 Å². The number of methoxy groups -OCH3 is 1. The van der Waals surface area contributed by atoms with E-state index in [0.29, 0.717) is 24.2 Å². The lowest BCUT2D eigenvalue weighted by molar-refractivity contribution is -0.137. The first kappa shape index (κ1) is 21.4. The van der Waals surface area contributed by atoms with Crippen LogP contribution in [0.25, 0.3) is 0 Å². The number of alkyl halides is 3. The maximum Gasteiger partial charge on any atom is 0.416 e. The Morgan fingerprint density at radius 2 is 1.57 bits per heavy atom. The zero-order valence-corrected chi connectivity index (χ0v) is 15.5. The van der Waals surface area contributed by atoms with Crippen molar-refractivity contribution in [3.8, 4) is 0 Å². The zero-order chi connectivity index (χ0) is 20.7. The van der Waals surface area contributed by atoms with Crippen LogP contribution in [0.1, 0.15) is 27.0 Å². The third kappa shape index (κ3) is 6.38. The summed E-state index contributed by atoms with van der Waals surface area (Å²) in [5.41, 5.74) is 1.23. The normalized spacial score (nSPS) is 11.4. The first-order valence-corrected chi connectivity index (χ1v) is 8.47. The molecule has 0 spiro atoms. The molecular weight excluding hydrogens is 373 g/mol. The van der Waals surface area contributed by atoms with Gasteiger partial charge in [0, 0.05) is 13.1 Å². The fraction of sp³-hybridized carbons (Fsp3) is 0.300. The molecule has 28 heavy (non-hydrogen) atoms. The zero-order valence-electron chi connectivity index (χ0n) is 15.5. The molecule has 0 aromatic heterocycles. The number of likely N-dealkylation sites (N-methyl/N-ethyl adjacent to an activating group) is 1. The summed E-state index contributed by atoms with van der Waals surface area (Å²) < 4.78 is 42.3. The van der Waals surface area contributed by atoms with Crippen LogP contribution < -0.4 is 5.32 Å². The molecule has 0 unspecified atom stereocenters. The number of carbonyl (C=O) groups is 2. The molecule has 0 saturated heterocycles. The van der Waals surface area contributed by atoms with Crippen molar-refractivity contribution in [1.82, 2.24) is 10.2 Å². The summed E-state index contributed by atoms with van der Waals surface area (Å²) in [4.78, 5) is 25.1. The Labute approximate surface area is 161 Å². The molecule has 0 fully saturated rings. The van der Waals surface area contributed by atoms with Crippen molar-refractivity contribution in [3.63, 3.8) is 0 Å². The van der Waals surface area contributed by atoms with E-state index < -0.39 is 17.7 Å². The van der Waals surface area contributed by atoms with E-state index in [0.717, 1.165) is 17.7 Å². The van der Waals surface area contributed by atoms with Crippen LogP contribution in [-0.2, 0) is 28.8 Å². The van der Waals surface area contributed by atoms with Gasteiger partial charge in [0.2, 0.25) is 5.91 Å². The monoisotopic (exact) mass is 394 g/mol. The number of nitrogens with zero attached hydrogens (tertiary/aromatic N) is 1. The van der Waals surface area contributed by atoms with Crippen LogP contribution in [0.3, 0.4) is 0 Å². The van der Waals surface area contributed by atoms with E-state index in [1.165, 1.54) is 19.2 Å². The number of carbonyl (C=O) groups excluding carboxylic acids is 2. The van der Waals surface area contributed by atoms with E-state index in [1.54, 1.807) is 36.2 Å². The highest BCUT2D eigenvalue weighted by Gasteiger charge is 2.29. The lowest BCUT2D eigenvalue weighted by atomic mass is 10.1. The number of amides is 1. The maximum absolute atomic E-state index is 12.6. The standard InChI is InChI=1S/C20H21F3N2O3/c1-25(12-15-5-9-17(10-6-15)20(21,22)23)13-18(26)24-11-14-3-7-16(8-4-14)19(27)28-2/h3-10H,11-13H2,1-2H3,(H,24,26). The second-order valence-corrected chi connectivity index (χ2v) is 6.33. The molecule has 8 heteroatoms. The Bertz CT molecular complexity index is 803. The highest BCUT2D eigenvalue weighted by atomic mass is 19.4. The van der Waals surface area contributed by atoms with Crippen molar-refractivity contribution < 1.29 is 27.5 Å². The number of esters is 1. The van der Waals surface area contributed by atoms with Gasteiger partial charge in [-0.1, -0.05) is 24.3 Å². The fourth-order valence-corrected chi connectivity index (χ4v) is 2.54. The van der Waals surface area contributed by atoms with Crippen LogP contribution >= 0.6 is 0 Å². The van der Waals surface area contributed by atoms with E-state index in [9.17, 15) is 22.8 Å². The van der Waals surface area contributed by atoms with Gasteiger partial charge in [0.05, 0.1) is 24.8 Å². The first-order chi connectivity index (χ1) is 13.2. The van der Waals surface area contributed by atoms with E-state index in [1.807, 2.05) is 0 Å². The highest BCUT2D eigenvalue weighted by Crippen LogP contribution is 2.29. The Morgan fingerprint density at radius 1 is 1.00 bits per heavy atom. The molecule has 150 valence electrons. The lowest BCUT2D eigenvalue weighted by Gasteiger charge is -2.17. The molecule has 0 atom stereocenters. The first-order valence-electron chi connectivity index (χ1n) is 8.47. The number of hydrogen-bond acceptors (Lipinski definition) is 4. The van der Waals surface area contributed by atoms with Crippen molar-refractivity contribution in [1.29, 1.82) is 0 Å². The molecule has 0 aliphatic heterocycles. The van der Waals surface area contributed by atoms with Gasteiger partial charge in [-0.05, 0) is 42.4 Å². The summed E-state index contributed by atoms with van der Waals surface area (Å²) in [6.45, 7) is 0.745. The molecular formula is C20H21F3N2O3. The van der Waals surface area contributed by atoms with Crippen LogP contribution in [0.2, 0.25) is 0 Å². The Balaban J connectivity index is 1.80. The minimum atomic E-state index is -4.36. The number of nitrogens with one attached hydrogen (secondary N) is 1. The molecule has 0 heterocycles. The molecule has 0 saturated carbocycles. The predicted octanol–water partition coefficient (Wildman–Crippen LogP) is 3.24. The molecule has 5 nitrogen and oxygen atoms in total. The van der Waals surface area contributed by atoms with Crippen LogP contribution in [0.4, 0.5) is 13.2 Å². The second kappa shape index (κ2) is 9.36. The van der Waals surface area contributed by atoms with E-state index in [4.69, 9.17) is 0 Å². The summed E-state index contributed by atoms with van der Waals surface area (Å²) >= 11 is 0. The van der Waals surface area contributed by atoms with Gasteiger partial charge in [0.1, 0.15) is 0 Å². The summed E-state index contributed by atoms with van der Waals surface area (Å²) in [6.07, 6.45) is -4.36. The SMILES string of the molecule is COC(=O)c1ccc(CNC(=O)CN(C)Cc2ccc(C(F)(F)F)cc2)cc1. The van der Waals surface area contributed by atoms with Crippen molar-refractivity contribution >= 4 is 11.9 Å². The van der Waals surface area contributed by atoms with E-state index in [2.05, 4.69) is 10.1 Å². The second-order valence-electron chi connectivity index (χ2n) is 6.33. The molecule has 2 aromatic carbocycles. The Hall–Kier alpha value is -2.87.